The molecule has 1 aliphatic heterocycles. The van der Waals surface area contributed by atoms with Crippen LogP contribution < -0.4 is 0 Å². The number of carbonyl (C=O) groups is 1. The topological polar surface area (TPSA) is 32.8 Å². The van der Waals surface area contributed by atoms with Gasteiger partial charge in [0.25, 0.3) is 6.35 Å². The summed E-state index contributed by atoms with van der Waals surface area (Å²) >= 11 is 0. The average Bonchev–Trinajstić information content (AvgIpc) is 2.85. The van der Waals surface area contributed by atoms with Gasteiger partial charge in [0.15, 0.2) is 0 Å². The monoisotopic (exact) mass is 288 g/mol. The lowest BCUT2D eigenvalue weighted by atomic mass is 10.1. The highest BCUT2D eigenvalue weighted by Gasteiger charge is 2.26. The van der Waals surface area contributed by atoms with Crippen molar-refractivity contribution in [2.45, 2.75) is 39.0 Å². The number of hydrogen-bond acceptors (Lipinski definition) is 4. The molecule has 21 heavy (non-hydrogen) atoms. The van der Waals surface area contributed by atoms with Gasteiger partial charge in [-0.15, -0.1) is 0 Å². The summed E-state index contributed by atoms with van der Waals surface area (Å²) in [6, 6.07) is 10.0. The fraction of sp³-hybridized carbons (Fsp3) is 0.471. The zero-order valence-electron chi connectivity index (χ0n) is 12.9. The lowest BCUT2D eigenvalue weighted by molar-refractivity contribution is -0.167. The molecule has 0 radical (unpaired) electrons. The predicted octanol–water partition coefficient (Wildman–Crippen LogP) is 2.96. The van der Waals surface area contributed by atoms with Gasteiger partial charge in [-0.25, -0.2) is 0 Å². The minimum atomic E-state index is -0.292. The maximum absolute atomic E-state index is 12.0. The molecule has 4 nitrogen and oxygen atoms in total. The van der Waals surface area contributed by atoms with E-state index in [2.05, 4.69) is 11.8 Å². The molecule has 1 atom stereocenters. The normalized spacial score (nSPS) is 17.3. The Bertz CT molecular complexity index is 473. The fourth-order valence-corrected chi connectivity index (χ4v) is 2.32. The fourth-order valence-electron chi connectivity index (χ4n) is 2.32. The van der Waals surface area contributed by atoms with Gasteiger partial charge in [0.1, 0.15) is 0 Å². The van der Waals surface area contributed by atoms with Gasteiger partial charge in [-0.05, 0) is 18.4 Å². The predicted molar refractivity (Wildman–Crippen MR) is 83.2 cm³/mol. The van der Waals surface area contributed by atoms with Crippen LogP contribution in [0.3, 0.4) is 0 Å². The van der Waals surface area contributed by atoms with Gasteiger partial charge in [0.05, 0.1) is 0 Å². The van der Waals surface area contributed by atoms with Crippen LogP contribution in [0.1, 0.15) is 31.7 Å². The molecular formula is C17H24N2O2. The molecule has 1 heterocycles. The first-order valence-corrected chi connectivity index (χ1v) is 7.60. The Morgan fingerprint density at radius 1 is 1.24 bits per heavy atom. The van der Waals surface area contributed by atoms with Crippen molar-refractivity contribution < 1.29 is 9.53 Å². The SMILES string of the molecule is CCCCN1C=CN(C)C1OC(=O)CCc1ccccc1. The summed E-state index contributed by atoms with van der Waals surface area (Å²) in [7, 11) is 1.93. The number of aryl methyl sites for hydroxylation is 1. The minimum absolute atomic E-state index is 0.152. The van der Waals surface area contributed by atoms with E-state index in [0.29, 0.717) is 6.42 Å². The van der Waals surface area contributed by atoms with Gasteiger partial charge >= 0.3 is 5.97 Å². The van der Waals surface area contributed by atoms with E-state index in [1.165, 1.54) is 0 Å². The molecule has 0 aromatic heterocycles. The highest BCUT2D eigenvalue weighted by molar-refractivity contribution is 5.69. The lowest BCUT2D eigenvalue weighted by Crippen LogP contribution is -2.40. The van der Waals surface area contributed by atoms with Crippen molar-refractivity contribution >= 4 is 5.97 Å². The Labute approximate surface area is 127 Å². The summed E-state index contributed by atoms with van der Waals surface area (Å²) in [6.07, 6.45) is 7.00. The highest BCUT2D eigenvalue weighted by Crippen LogP contribution is 2.17. The van der Waals surface area contributed by atoms with E-state index in [0.717, 1.165) is 31.4 Å². The molecule has 1 aliphatic rings. The summed E-state index contributed by atoms with van der Waals surface area (Å²) in [5.74, 6) is -0.152. The number of nitrogens with zero attached hydrogens (tertiary/aromatic N) is 2. The van der Waals surface area contributed by atoms with E-state index in [1.54, 1.807) is 0 Å². The van der Waals surface area contributed by atoms with E-state index in [4.69, 9.17) is 4.74 Å². The molecule has 1 unspecified atom stereocenters. The molecule has 0 bridgehead atoms. The van der Waals surface area contributed by atoms with E-state index in [-0.39, 0.29) is 12.3 Å². The van der Waals surface area contributed by atoms with Gasteiger partial charge in [-0.1, -0.05) is 43.7 Å². The molecule has 0 N–H and O–H groups in total. The molecule has 0 fully saturated rings. The third-order valence-corrected chi connectivity index (χ3v) is 3.59. The van der Waals surface area contributed by atoms with Crippen molar-refractivity contribution in [3.8, 4) is 0 Å². The van der Waals surface area contributed by atoms with E-state index in [1.807, 2.05) is 54.7 Å². The van der Waals surface area contributed by atoms with Crippen LogP contribution in [-0.2, 0) is 16.0 Å². The van der Waals surface area contributed by atoms with Crippen LogP contribution in [0.15, 0.2) is 42.7 Å². The maximum Gasteiger partial charge on any atom is 0.309 e. The van der Waals surface area contributed by atoms with Crippen LogP contribution in [-0.4, -0.2) is 35.7 Å². The summed E-state index contributed by atoms with van der Waals surface area (Å²) in [5, 5.41) is 0. The highest BCUT2D eigenvalue weighted by atomic mass is 16.6. The number of ether oxygens (including phenoxy) is 1. The second-order valence-electron chi connectivity index (χ2n) is 5.36. The van der Waals surface area contributed by atoms with Crippen LogP contribution in [0, 0.1) is 0 Å². The van der Waals surface area contributed by atoms with E-state index >= 15 is 0 Å². The Balaban J connectivity index is 1.80. The van der Waals surface area contributed by atoms with Gasteiger partial charge < -0.3 is 14.5 Å². The van der Waals surface area contributed by atoms with Crippen LogP contribution in [0.5, 0.6) is 0 Å². The van der Waals surface area contributed by atoms with Crippen LogP contribution in [0.25, 0.3) is 0 Å². The lowest BCUT2D eigenvalue weighted by Gasteiger charge is -2.29. The van der Waals surface area contributed by atoms with E-state index < -0.39 is 0 Å². The van der Waals surface area contributed by atoms with Crippen molar-refractivity contribution in [1.29, 1.82) is 0 Å². The summed E-state index contributed by atoms with van der Waals surface area (Å²) in [6.45, 7) is 3.07. The second-order valence-corrected chi connectivity index (χ2v) is 5.36. The molecular weight excluding hydrogens is 264 g/mol. The summed E-state index contributed by atoms with van der Waals surface area (Å²) in [5.41, 5.74) is 1.16. The third kappa shape index (κ3) is 4.52. The standard InChI is InChI=1S/C17H24N2O2/c1-3-4-12-19-14-13-18(2)17(19)21-16(20)11-10-15-8-6-5-7-9-15/h5-9,13-14,17H,3-4,10-12H2,1-2H3. The zero-order valence-corrected chi connectivity index (χ0v) is 12.9. The molecule has 2 rings (SSSR count). The zero-order chi connectivity index (χ0) is 15.1. The molecule has 0 amide bonds. The molecule has 1 aromatic rings. The van der Waals surface area contributed by atoms with E-state index in [9.17, 15) is 4.79 Å². The number of unbranched alkanes of at least 4 members (excludes halogenated alkanes) is 1. The van der Waals surface area contributed by atoms with Crippen LogP contribution in [0.4, 0.5) is 0 Å². The first-order chi connectivity index (χ1) is 10.2. The number of hydrogen-bond donors (Lipinski definition) is 0. The quantitative estimate of drug-likeness (QED) is 0.722. The van der Waals surface area contributed by atoms with Crippen molar-refractivity contribution in [3.05, 3.63) is 48.3 Å². The average molecular weight is 288 g/mol. The Kier molecular flexibility index (Phi) is 5.67. The van der Waals surface area contributed by atoms with Crippen molar-refractivity contribution in [1.82, 2.24) is 9.80 Å². The van der Waals surface area contributed by atoms with Gasteiger partial charge in [-0.3, -0.25) is 4.79 Å². The van der Waals surface area contributed by atoms with Gasteiger partial charge in [-0.2, -0.15) is 0 Å². The Morgan fingerprint density at radius 3 is 2.71 bits per heavy atom. The molecule has 0 spiro atoms. The van der Waals surface area contributed by atoms with Crippen molar-refractivity contribution in [2.75, 3.05) is 13.6 Å². The van der Waals surface area contributed by atoms with Crippen LogP contribution >= 0.6 is 0 Å². The maximum atomic E-state index is 12.0. The molecule has 0 saturated carbocycles. The Hall–Kier alpha value is -1.97. The van der Waals surface area contributed by atoms with Crippen LogP contribution in [0.2, 0.25) is 0 Å². The minimum Gasteiger partial charge on any atom is -0.422 e. The van der Waals surface area contributed by atoms with Crippen molar-refractivity contribution in [3.63, 3.8) is 0 Å². The molecule has 0 aliphatic carbocycles. The third-order valence-electron chi connectivity index (χ3n) is 3.59. The number of benzene rings is 1. The van der Waals surface area contributed by atoms with Gasteiger partial charge in [0, 0.05) is 32.4 Å². The molecule has 114 valence electrons. The smallest absolute Gasteiger partial charge is 0.309 e. The summed E-state index contributed by atoms with van der Waals surface area (Å²) < 4.78 is 5.61. The first kappa shape index (κ1) is 15.4. The largest absolute Gasteiger partial charge is 0.422 e. The molecule has 4 heteroatoms. The molecule has 1 aromatic carbocycles. The summed E-state index contributed by atoms with van der Waals surface area (Å²) in [4.78, 5) is 16.0. The number of rotatable bonds is 7. The van der Waals surface area contributed by atoms with Crippen molar-refractivity contribution in [2.24, 2.45) is 0 Å². The number of esters is 1. The molecule has 0 saturated heterocycles. The second kappa shape index (κ2) is 7.72. The number of carbonyl (C=O) groups excluding carboxylic acids is 1. The Morgan fingerprint density at radius 2 is 2.00 bits per heavy atom. The first-order valence-electron chi connectivity index (χ1n) is 7.60. The van der Waals surface area contributed by atoms with Gasteiger partial charge in [0.2, 0.25) is 0 Å².